The molecule has 1 heterocycles. The first-order valence-corrected chi connectivity index (χ1v) is 5.87. The number of anilines is 2. The number of nitrogens with zero attached hydrogens (tertiary/aromatic N) is 1. The molecule has 3 N–H and O–H groups in total. The maximum absolute atomic E-state index is 5.81. The van der Waals surface area contributed by atoms with Crippen molar-refractivity contribution in [1.29, 1.82) is 0 Å². The Hall–Kier alpha value is -2.17. The Labute approximate surface area is 106 Å². The summed E-state index contributed by atoms with van der Waals surface area (Å²) in [6.07, 6.45) is 0. The van der Waals surface area contributed by atoms with E-state index < -0.39 is 0 Å². The van der Waals surface area contributed by atoms with Gasteiger partial charge in [0.2, 0.25) is 0 Å². The van der Waals surface area contributed by atoms with Gasteiger partial charge in [0.05, 0.1) is 13.2 Å². The van der Waals surface area contributed by atoms with Gasteiger partial charge in [-0.1, -0.05) is 5.16 Å². The number of ether oxygens (including phenoxy) is 1. The number of aromatic nitrogens is 1. The van der Waals surface area contributed by atoms with E-state index in [1.54, 1.807) is 6.07 Å². The summed E-state index contributed by atoms with van der Waals surface area (Å²) in [5.74, 6) is 1.56. The summed E-state index contributed by atoms with van der Waals surface area (Å²) in [7, 11) is 0. The smallest absolute Gasteiger partial charge is 0.133 e. The van der Waals surface area contributed by atoms with Crippen molar-refractivity contribution in [2.24, 2.45) is 0 Å². The van der Waals surface area contributed by atoms with Crippen LogP contribution in [0.1, 0.15) is 18.4 Å². The van der Waals surface area contributed by atoms with E-state index >= 15 is 0 Å². The fourth-order valence-electron chi connectivity index (χ4n) is 1.67. The molecule has 2 rings (SSSR count). The first-order chi connectivity index (χ1) is 8.67. The summed E-state index contributed by atoms with van der Waals surface area (Å²) >= 11 is 0. The third-order valence-corrected chi connectivity index (χ3v) is 2.39. The van der Waals surface area contributed by atoms with Crippen molar-refractivity contribution in [1.82, 2.24) is 5.16 Å². The summed E-state index contributed by atoms with van der Waals surface area (Å²) in [5.41, 5.74) is 8.23. The van der Waals surface area contributed by atoms with Gasteiger partial charge in [-0.25, -0.2) is 0 Å². The fraction of sp³-hybridized carbons (Fsp3) is 0.308. The zero-order valence-electron chi connectivity index (χ0n) is 10.6. The van der Waals surface area contributed by atoms with Crippen LogP contribution in [0.15, 0.2) is 28.8 Å². The molecule has 96 valence electrons. The largest absolute Gasteiger partial charge is 0.494 e. The van der Waals surface area contributed by atoms with Crippen LogP contribution >= 0.6 is 0 Å². The number of aryl methyl sites for hydroxylation is 1. The van der Waals surface area contributed by atoms with Gasteiger partial charge < -0.3 is 20.3 Å². The molecule has 5 nitrogen and oxygen atoms in total. The number of nitrogens with one attached hydrogen (secondary N) is 1. The monoisotopic (exact) mass is 247 g/mol. The Morgan fingerprint density at radius 2 is 2.17 bits per heavy atom. The Morgan fingerprint density at radius 1 is 1.33 bits per heavy atom. The Kier molecular flexibility index (Phi) is 3.72. The number of hydrogen-bond donors (Lipinski definition) is 2. The van der Waals surface area contributed by atoms with Crippen molar-refractivity contribution in [3.05, 3.63) is 35.7 Å². The van der Waals surface area contributed by atoms with Gasteiger partial charge in [-0.2, -0.15) is 0 Å². The van der Waals surface area contributed by atoms with Gasteiger partial charge in [0.15, 0.2) is 0 Å². The second kappa shape index (κ2) is 5.44. The molecule has 0 spiro atoms. The molecule has 1 aromatic heterocycles. The van der Waals surface area contributed by atoms with Crippen molar-refractivity contribution in [3.8, 4) is 5.75 Å². The maximum Gasteiger partial charge on any atom is 0.133 e. The molecule has 0 unspecified atom stereocenters. The minimum atomic E-state index is 0.590. The number of nitrogens with two attached hydrogens (primary N) is 1. The highest BCUT2D eigenvalue weighted by Gasteiger charge is 2.02. The third kappa shape index (κ3) is 3.16. The number of rotatable bonds is 5. The Balaban J connectivity index is 2.04. The van der Waals surface area contributed by atoms with Gasteiger partial charge in [0.25, 0.3) is 0 Å². The van der Waals surface area contributed by atoms with Crippen LogP contribution in [0.25, 0.3) is 0 Å². The van der Waals surface area contributed by atoms with Crippen molar-refractivity contribution < 1.29 is 9.26 Å². The lowest BCUT2D eigenvalue weighted by atomic mass is 10.2. The summed E-state index contributed by atoms with van der Waals surface area (Å²) in [6, 6.07) is 7.46. The second-order valence-corrected chi connectivity index (χ2v) is 4.01. The first kappa shape index (κ1) is 12.3. The van der Waals surface area contributed by atoms with Crippen molar-refractivity contribution in [2.75, 3.05) is 17.7 Å². The predicted octanol–water partition coefficient (Wildman–Crippen LogP) is 2.58. The van der Waals surface area contributed by atoms with Crippen LogP contribution < -0.4 is 15.8 Å². The Morgan fingerprint density at radius 3 is 2.83 bits per heavy atom. The summed E-state index contributed by atoms with van der Waals surface area (Å²) in [6.45, 7) is 5.01. The molecular formula is C13H17N3O2. The summed E-state index contributed by atoms with van der Waals surface area (Å²) in [4.78, 5) is 0. The standard InChI is InChI=1S/C13H17N3O2/c1-3-17-13-6-10(14)5-11(7-13)15-8-12-4-9(2)18-16-12/h4-7,15H,3,8,14H2,1-2H3. The molecule has 0 atom stereocenters. The van der Waals surface area contributed by atoms with Gasteiger partial charge in [-0.15, -0.1) is 0 Å². The maximum atomic E-state index is 5.81. The van der Waals surface area contributed by atoms with Crippen LogP contribution in [0.2, 0.25) is 0 Å². The van der Waals surface area contributed by atoms with E-state index in [0.29, 0.717) is 18.8 Å². The average Bonchev–Trinajstić information content (AvgIpc) is 2.72. The van der Waals surface area contributed by atoms with Gasteiger partial charge in [-0.3, -0.25) is 0 Å². The zero-order valence-corrected chi connectivity index (χ0v) is 10.6. The first-order valence-electron chi connectivity index (χ1n) is 5.87. The molecule has 0 saturated carbocycles. The van der Waals surface area contributed by atoms with Crippen LogP contribution in [0.4, 0.5) is 11.4 Å². The SMILES string of the molecule is CCOc1cc(N)cc(NCc2cc(C)on2)c1. The van der Waals surface area contributed by atoms with Crippen molar-refractivity contribution >= 4 is 11.4 Å². The highest BCUT2D eigenvalue weighted by atomic mass is 16.5. The van der Waals surface area contributed by atoms with E-state index in [1.165, 1.54) is 0 Å². The van der Waals surface area contributed by atoms with Crippen molar-refractivity contribution in [3.63, 3.8) is 0 Å². The lowest BCUT2D eigenvalue weighted by Crippen LogP contribution is -2.01. The van der Waals surface area contributed by atoms with E-state index in [2.05, 4.69) is 10.5 Å². The molecule has 0 aliphatic heterocycles. The van der Waals surface area contributed by atoms with Crippen LogP contribution in [0, 0.1) is 6.92 Å². The Bertz CT molecular complexity index is 523. The molecule has 0 amide bonds. The van der Waals surface area contributed by atoms with E-state index in [1.807, 2.05) is 32.0 Å². The third-order valence-electron chi connectivity index (χ3n) is 2.39. The normalized spacial score (nSPS) is 10.3. The average molecular weight is 247 g/mol. The van der Waals surface area contributed by atoms with E-state index in [4.69, 9.17) is 15.0 Å². The number of benzene rings is 1. The quantitative estimate of drug-likeness (QED) is 0.794. The predicted molar refractivity (Wildman–Crippen MR) is 70.6 cm³/mol. The van der Waals surface area contributed by atoms with Crippen LogP contribution in [-0.2, 0) is 6.54 Å². The van der Waals surface area contributed by atoms with Gasteiger partial charge in [-0.05, 0) is 19.9 Å². The lowest BCUT2D eigenvalue weighted by molar-refractivity contribution is 0.340. The second-order valence-electron chi connectivity index (χ2n) is 4.01. The summed E-state index contributed by atoms with van der Waals surface area (Å²) in [5, 5.41) is 7.14. The van der Waals surface area contributed by atoms with Crippen LogP contribution in [0.3, 0.4) is 0 Å². The number of nitrogen functional groups attached to an aromatic ring is 1. The molecule has 0 aliphatic carbocycles. The molecule has 0 bridgehead atoms. The van der Waals surface area contributed by atoms with E-state index in [-0.39, 0.29) is 0 Å². The highest BCUT2D eigenvalue weighted by molar-refractivity contribution is 5.59. The minimum Gasteiger partial charge on any atom is -0.494 e. The van der Waals surface area contributed by atoms with Gasteiger partial charge >= 0.3 is 0 Å². The van der Waals surface area contributed by atoms with Gasteiger partial charge in [0, 0.05) is 29.6 Å². The van der Waals surface area contributed by atoms with Crippen LogP contribution in [-0.4, -0.2) is 11.8 Å². The zero-order chi connectivity index (χ0) is 13.0. The topological polar surface area (TPSA) is 73.3 Å². The molecule has 18 heavy (non-hydrogen) atoms. The molecule has 0 saturated heterocycles. The molecule has 1 aromatic carbocycles. The van der Waals surface area contributed by atoms with Crippen LogP contribution in [0.5, 0.6) is 5.75 Å². The van der Waals surface area contributed by atoms with Gasteiger partial charge in [0.1, 0.15) is 17.2 Å². The minimum absolute atomic E-state index is 0.590. The fourth-order valence-corrected chi connectivity index (χ4v) is 1.67. The molecular weight excluding hydrogens is 230 g/mol. The van der Waals surface area contributed by atoms with E-state index in [9.17, 15) is 0 Å². The molecule has 0 fully saturated rings. The number of hydrogen-bond acceptors (Lipinski definition) is 5. The molecule has 0 radical (unpaired) electrons. The molecule has 5 heteroatoms. The lowest BCUT2D eigenvalue weighted by Gasteiger charge is -2.09. The summed E-state index contributed by atoms with van der Waals surface area (Å²) < 4.78 is 10.4. The molecule has 2 aromatic rings. The highest BCUT2D eigenvalue weighted by Crippen LogP contribution is 2.23. The van der Waals surface area contributed by atoms with Crippen molar-refractivity contribution in [2.45, 2.75) is 20.4 Å². The van der Waals surface area contributed by atoms with E-state index in [0.717, 1.165) is 22.9 Å². The molecule has 0 aliphatic rings.